The first-order valence-electron chi connectivity index (χ1n) is 5.26. The van der Waals surface area contributed by atoms with Gasteiger partial charge in [-0.2, -0.15) is 0 Å². The van der Waals surface area contributed by atoms with E-state index in [4.69, 9.17) is 0 Å². The van der Waals surface area contributed by atoms with Gasteiger partial charge in [-0.25, -0.2) is 4.98 Å². The highest BCUT2D eigenvalue weighted by Gasteiger charge is 2.12. The fourth-order valence-electron chi connectivity index (χ4n) is 1.67. The summed E-state index contributed by atoms with van der Waals surface area (Å²) in [6.45, 7) is 1.12. The highest BCUT2D eigenvalue weighted by molar-refractivity contribution is 7.99. The Morgan fingerprint density at radius 1 is 1.53 bits per heavy atom. The van der Waals surface area contributed by atoms with Crippen molar-refractivity contribution in [2.24, 2.45) is 0 Å². The molecule has 0 aliphatic carbocycles. The predicted molar refractivity (Wildman–Crippen MR) is 61.2 cm³/mol. The summed E-state index contributed by atoms with van der Waals surface area (Å²) in [7, 11) is 0. The number of hydrogen-bond acceptors (Lipinski definition) is 4. The quantitative estimate of drug-likeness (QED) is 0.595. The second-order valence-electron chi connectivity index (χ2n) is 3.70. The van der Waals surface area contributed by atoms with Crippen LogP contribution in [0.2, 0.25) is 0 Å². The lowest BCUT2D eigenvalue weighted by Gasteiger charge is -2.22. The van der Waals surface area contributed by atoms with Gasteiger partial charge in [-0.1, -0.05) is 18.2 Å². The number of thioether (sulfide) groups is 1. The van der Waals surface area contributed by atoms with Crippen LogP contribution in [0.5, 0.6) is 0 Å². The zero-order valence-electron chi connectivity index (χ0n) is 8.53. The Balaban J connectivity index is 1.84. The van der Waals surface area contributed by atoms with Gasteiger partial charge in [0, 0.05) is 24.1 Å². The Hall–Kier alpha value is -0.810. The van der Waals surface area contributed by atoms with Gasteiger partial charge in [0.15, 0.2) is 5.16 Å². The zero-order valence-corrected chi connectivity index (χ0v) is 9.35. The Kier molecular flexibility index (Phi) is 3.80. The summed E-state index contributed by atoms with van der Waals surface area (Å²) in [6, 6.07) is 2.00. The molecule has 1 aliphatic rings. The molecular formula is C10H15N3OS. The summed E-state index contributed by atoms with van der Waals surface area (Å²) in [4.78, 5) is 17.8. The van der Waals surface area contributed by atoms with Crippen molar-refractivity contribution in [1.29, 1.82) is 0 Å². The molecule has 1 aromatic heterocycles. The third-order valence-electron chi connectivity index (χ3n) is 2.48. The third kappa shape index (κ3) is 3.35. The molecule has 1 aliphatic heterocycles. The van der Waals surface area contributed by atoms with Gasteiger partial charge < -0.3 is 10.3 Å². The Labute approximate surface area is 92.9 Å². The monoisotopic (exact) mass is 225 g/mol. The third-order valence-corrected chi connectivity index (χ3v) is 3.53. The summed E-state index contributed by atoms with van der Waals surface area (Å²) in [6.07, 6.45) is 5.36. The average molecular weight is 225 g/mol. The van der Waals surface area contributed by atoms with Crippen LogP contribution in [0.3, 0.4) is 0 Å². The van der Waals surface area contributed by atoms with Gasteiger partial charge in [-0.05, 0) is 19.4 Å². The minimum atomic E-state index is -0.0795. The van der Waals surface area contributed by atoms with Crippen LogP contribution in [0.25, 0.3) is 0 Å². The number of H-pyrrole nitrogens is 1. The largest absolute Gasteiger partial charge is 0.313 e. The molecule has 1 saturated heterocycles. The molecule has 0 saturated carbocycles. The van der Waals surface area contributed by atoms with Crippen LogP contribution in [-0.2, 0) is 0 Å². The number of nitrogens with zero attached hydrogens (tertiary/aromatic N) is 1. The summed E-state index contributed by atoms with van der Waals surface area (Å²) in [5.74, 6) is 0.979. The fourth-order valence-corrected chi connectivity index (χ4v) is 2.62. The topological polar surface area (TPSA) is 57.8 Å². The summed E-state index contributed by atoms with van der Waals surface area (Å²) < 4.78 is 0. The van der Waals surface area contributed by atoms with Gasteiger partial charge in [0.05, 0.1) is 0 Å². The van der Waals surface area contributed by atoms with Crippen LogP contribution in [0.1, 0.15) is 19.3 Å². The molecule has 1 aromatic rings. The first-order chi connectivity index (χ1) is 7.34. The molecule has 82 valence electrons. The molecule has 1 fully saturated rings. The fraction of sp³-hybridized carbons (Fsp3) is 0.600. The number of aromatic nitrogens is 2. The molecule has 1 atom stereocenters. The second-order valence-corrected chi connectivity index (χ2v) is 4.71. The molecule has 0 radical (unpaired) electrons. The van der Waals surface area contributed by atoms with Crippen LogP contribution in [0.4, 0.5) is 0 Å². The Bertz CT molecular complexity index is 360. The number of rotatable bonds is 3. The summed E-state index contributed by atoms with van der Waals surface area (Å²) >= 11 is 1.61. The standard InChI is InChI=1S/C10H15N3OS/c14-9-4-6-12-10(13-9)15-7-8-3-1-2-5-11-8/h4,6,8,11H,1-3,5,7H2,(H,12,13,14). The highest BCUT2D eigenvalue weighted by Crippen LogP contribution is 2.16. The van der Waals surface area contributed by atoms with E-state index in [9.17, 15) is 4.79 Å². The van der Waals surface area contributed by atoms with E-state index in [-0.39, 0.29) is 5.56 Å². The molecule has 0 aromatic carbocycles. The van der Waals surface area contributed by atoms with Crippen LogP contribution in [0, 0.1) is 0 Å². The van der Waals surface area contributed by atoms with Crippen LogP contribution < -0.4 is 10.9 Å². The summed E-state index contributed by atoms with van der Waals surface area (Å²) in [5.41, 5.74) is -0.0795. The number of aromatic amines is 1. The van der Waals surface area contributed by atoms with Gasteiger partial charge in [0.25, 0.3) is 5.56 Å². The molecule has 2 N–H and O–H groups in total. The molecule has 15 heavy (non-hydrogen) atoms. The molecule has 0 spiro atoms. The minimum absolute atomic E-state index is 0.0795. The zero-order chi connectivity index (χ0) is 10.5. The number of piperidine rings is 1. The molecule has 2 rings (SSSR count). The van der Waals surface area contributed by atoms with E-state index in [2.05, 4.69) is 15.3 Å². The van der Waals surface area contributed by atoms with Gasteiger partial charge >= 0.3 is 0 Å². The molecule has 0 amide bonds. The molecular weight excluding hydrogens is 210 g/mol. The van der Waals surface area contributed by atoms with Gasteiger partial charge in [0.1, 0.15) is 0 Å². The van der Waals surface area contributed by atoms with Crippen molar-refractivity contribution in [2.45, 2.75) is 30.5 Å². The van der Waals surface area contributed by atoms with E-state index in [0.29, 0.717) is 6.04 Å². The summed E-state index contributed by atoms with van der Waals surface area (Å²) in [5, 5.41) is 4.18. The van der Waals surface area contributed by atoms with E-state index in [1.54, 1.807) is 18.0 Å². The minimum Gasteiger partial charge on any atom is -0.313 e. The number of nitrogens with one attached hydrogen (secondary N) is 2. The van der Waals surface area contributed by atoms with Crippen molar-refractivity contribution in [3.05, 3.63) is 22.6 Å². The van der Waals surface area contributed by atoms with Gasteiger partial charge in [-0.15, -0.1) is 0 Å². The Morgan fingerprint density at radius 3 is 3.20 bits per heavy atom. The predicted octanol–water partition coefficient (Wildman–Crippen LogP) is 1.00. The van der Waals surface area contributed by atoms with E-state index in [1.807, 2.05) is 0 Å². The van der Waals surface area contributed by atoms with Crippen molar-refractivity contribution >= 4 is 11.8 Å². The lowest BCUT2D eigenvalue weighted by Crippen LogP contribution is -2.35. The number of hydrogen-bond donors (Lipinski definition) is 2. The normalized spacial score (nSPS) is 21.5. The van der Waals surface area contributed by atoms with E-state index < -0.39 is 0 Å². The first-order valence-corrected chi connectivity index (χ1v) is 6.25. The van der Waals surface area contributed by atoms with Crippen molar-refractivity contribution < 1.29 is 0 Å². The highest BCUT2D eigenvalue weighted by atomic mass is 32.2. The molecule has 1 unspecified atom stereocenters. The van der Waals surface area contributed by atoms with Crippen LogP contribution in [0.15, 0.2) is 22.2 Å². The van der Waals surface area contributed by atoms with Crippen molar-refractivity contribution in [3.63, 3.8) is 0 Å². The Morgan fingerprint density at radius 2 is 2.47 bits per heavy atom. The second kappa shape index (κ2) is 5.32. The maximum atomic E-state index is 11.0. The SMILES string of the molecule is O=c1ccnc(SCC2CCCCN2)[nH]1. The van der Waals surface area contributed by atoms with Gasteiger partial charge in [-0.3, -0.25) is 4.79 Å². The van der Waals surface area contributed by atoms with E-state index in [0.717, 1.165) is 17.5 Å². The van der Waals surface area contributed by atoms with E-state index in [1.165, 1.54) is 25.3 Å². The van der Waals surface area contributed by atoms with Crippen molar-refractivity contribution in [1.82, 2.24) is 15.3 Å². The van der Waals surface area contributed by atoms with Crippen molar-refractivity contribution in [3.8, 4) is 0 Å². The molecule has 4 nitrogen and oxygen atoms in total. The lowest BCUT2D eigenvalue weighted by atomic mass is 10.1. The van der Waals surface area contributed by atoms with Crippen molar-refractivity contribution in [2.75, 3.05) is 12.3 Å². The smallest absolute Gasteiger partial charge is 0.251 e. The van der Waals surface area contributed by atoms with Crippen LogP contribution >= 0.6 is 11.8 Å². The average Bonchev–Trinajstić information content (AvgIpc) is 2.28. The molecule has 2 heterocycles. The van der Waals surface area contributed by atoms with Crippen LogP contribution in [-0.4, -0.2) is 28.3 Å². The van der Waals surface area contributed by atoms with E-state index >= 15 is 0 Å². The van der Waals surface area contributed by atoms with Gasteiger partial charge in [0.2, 0.25) is 0 Å². The molecule has 5 heteroatoms. The molecule has 0 bridgehead atoms. The maximum Gasteiger partial charge on any atom is 0.251 e. The lowest BCUT2D eigenvalue weighted by molar-refractivity contribution is 0.429. The maximum absolute atomic E-state index is 11.0. The first kappa shape index (κ1) is 10.7.